The molecule has 0 saturated carbocycles. The molecule has 2 aromatic rings. The van der Waals surface area contributed by atoms with Gasteiger partial charge in [0.05, 0.1) is 12.1 Å². The second-order valence-corrected chi connectivity index (χ2v) is 7.00. The molecule has 0 bridgehead atoms. The molecule has 1 atom stereocenters. The molecule has 1 aromatic heterocycles. The first kappa shape index (κ1) is 16.5. The molecule has 0 saturated heterocycles. The maximum absolute atomic E-state index is 12.4. The number of hydrogen-bond donors (Lipinski definition) is 1. The van der Waals surface area contributed by atoms with E-state index in [1.54, 1.807) is 11.4 Å². The summed E-state index contributed by atoms with van der Waals surface area (Å²) in [6, 6.07) is 10.3. The van der Waals surface area contributed by atoms with Gasteiger partial charge >= 0.3 is 0 Å². The molecular weight excluding hydrogens is 320 g/mol. The molecule has 1 aromatic carbocycles. The zero-order chi connectivity index (χ0) is 17.1. The Morgan fingerprint density at radius 1 is 1.33 bits per heavy atom. The van der Waals surface area contributed by atoms with Gasteiger partial charge in [-0.2, -0.15) is 0 Å². The minimum atomic E-state index is -0.439. The predicted molar refractivity (Wildman–Crippen MR) is 95.8 cm³/mol. The van der Waals surface area contributed by atoms with E-state index < -0.39 is 5.91 Å². The van der Waals surface area contributed by atoms with Crippen LogP contribution in [-0.4, -0.2) is 22.8 Å². The minimum Gasteiger partial charge on any atom is -0.366 e. The molecule has 0 fully saturated rings. The molecule has 1 unspecified atom stereocenters. The standard InChI is InChI=1S/C19H20N2O2S/c1-2-18(22)21(11-17-10-15(12-24-17)19(20)23)16-8-7-13-5-3-4-6-14(13)9-16/h2-6,10,12,16H,1,7-9,11H2,(H2,20,23). The lowest BCUT2D eigenvalue weighted by atomic mass is 9.87. The summed E-state index contributed by atoms with van der Waals surface area (Å²) >= 11 is 1.45. The number of carbonyl (C=O) groups is 2. The van der Waals surface area contributed by atoms with E-state index in [0.717, 1.165) is 24.1 Å². The maximum atomic E-state index is 12.4. The van der Waals surface area contributed by atoms with Crippen molar-refractivity contribution in [1.29, 1.82) is 0 Å². The van der Waals surface area contributed by atoms with Crippen molar-refractivity contribution in [2.75, 3.05) is 0 Å². The number of rotatable bonds is 5. The number of amides is 2. The van der Waals surface area contributed by atoms with Crippen LogP contribution in [0.4, 0.5) is 0 Å². The van der Waals surface area contributed by atoms with Crippen molar-refractivity contribution in [2.45, 2.75) is 31.8 Å². The SMILES string of the molecule is C=CC(=O)N(Cc1cc(C(N)=O)cs1)C1CCc2ccccc2C1. The highest BCUT2D eigenvalue weighted by molar-refractivity contribution is 7.10. The topological polar surface area (TPSA) is 63.4 Å². The lowest BCUT2D eigenvalue weighted by molar-refractivity contribution is -0.129. The molecule has 1 heterocycles. The van der Waals surface area contributed by atoms with E-state index in [9.17, 15) is 9.59 Å². The van der Waals surface area contributed by atoms with E-state index in [1.807, 2.05) is 11.0 Å². The van der Waals surface area contributed by atoms with Gasteiger partial charge in [0.25, 0.3) is 0 Å². The van der Waals surface area contributed by atoms with E-state index in [-0.39, 0.29) is 11.9 Å². The quantitative estimate of drug-likeness (QED) is 0.851. The average Bonchev–Trinajstić information content (AvgIpc) is 3.07. The molecule has 1 aliphatic rings. The maximum Gasteiger partial charge on any atom is 0.249 e. The number of benzene rings is 1. The van der Waals surface area contributed by atoms with Crippen molar-refractivity contribution in [3.05, 3.63) is 69.9 Å². The zero-order valence-electron chi connectivity index (χ0n) is 13.4. The molecule has 4 nitrogen and oxygen atoms in total. The lowest BCUT2D eigenvalue weighted by Crippen LogP contribution is -2.42. The van der Waals surface area contributed by atoms with Crippen LogP contribution in [0.1, 0.15) is 32.8 Å². The van der Waals surface area contributed by atoms with Gasteiger partial charge < -0.3 is 10.6 Å². The van der Waals surface area contributed by atoms with E-state index in [1.165, 1.54) is 28.5 Å². The van der Waals surface area contributed by atoms with E-state index >= 15 is 0 Å². The first-order valence-corrected chi connectivity index (χ1v) is 8.83. The summed E-state index contributed by atoms with van der Waals surface area (Å²) in [6.45, 7) is 4.12. The van der Waals surface area contributed by atoms with Crippen LogP contribution < -0.4 is 5.73 Å². The monoisotopic (exact) mass is 340 g/mol. The van der Waals surface area contributed by atoms with Gasteiger partial charge in [-0.3, -0.25) is 9.59 Å². The normalized spacial score (nSPS) is 16.2. The largest absolute Gasteiger partial charge is 0.366 e. The number of thiophene rings is 1. The third-order valence-corrected chi connectivity index (χ3v) is 5.41. The van der Waals surface area contributed by atoms with Crippen LogP contribution in [-0.2, 0) is 24.2 Å². The van der Waals surface area contributed by atoms with Gasteiger partial charge in [0.2, 0.25) is 11.8 Å². The molecule has 2 amide bonds. The Bertz CT molecular complexity index is 781. The first-order chi connectivity index (χ1) is 11.6. The second kappa shape index (κ2) is 7.01. The highest BCUT2D eigenvalue weighted by Gasteiger charge is 2.27. The summed E-state index contributed by atoms with van der Waals surface area (Å²) in [4.78, 5) is 26.5. The smallest absolute Gasteiger partial charge is 0.249 e. The van der Waals surface area contributed by atoms with Gasteiger partial charge in [0, 0.05) is 16.3 Å². The number of nitrogens with two attached hydrogens (primary N) is 1. The van der Waals surface area contributed by atoms with E-state index in [2.05, 4.69) is 24.8 Å². The van der Waals surface area contributed by atoms with Crippen LogP contribution in [0.15, 0.2) is 48.4 Å². The van der Waals surface area contributed by atoms with Crippen LogP contribution in [0, 0.1) is 0 Å². The Kier molecular flexibility index (Phi) is 4.81. The van der Waals surface area contributed by atoms with Crippen molar-refractivity contribution >= 4 is 23.2 Å². The Morgan fingerprint density at radius 2 is 2.08 bits per heavy atom. The van der Waals surface area contributed by atoms with Crippen molar-refractivity contribution in [2.24, 2.45) is 5.73 Å². The second-order valence-electron chi connectivity index (χ2n) is 6.00. The van der Waals surface area contributed by atoms with Crippen molar-refractivity contribution in [3.8, 4) is 0 Å². The molecular formula is C19H20N2O2S. The van der Waals surface area contributed by atoms with Gasteiger partial charge in [0.1, 0.15) is 0 Å². The zero-order valence-corrected chi connectivity index (χ0v) is 14.2. The Balaban J connectivity index is 1.80. The Hall–Kier alpha value is -2.40. The summed E-state index contributed by atoms with van der Waals surface area (Å²) in [5.74, 6) is -0.515. The number of nitrogens with zero attached hydrogens (tertiary/aromatic N) is 1. The van der Waals surface area contributed by atoms with Crippen molar-refractivity contribution in [3.63, 3.8) is 0 Å². The van der Waals surface area contributed by atoms with Crippen LogP contribution in [0.5, 0.6) is 0 Å². The van der Waals surface area contributed by atoms with Gasteiger partial charge in [-0.25, -0.2) is 0 Å². The molecule has 3 rings (SSSR count). The highest BCUT2D eigenvalue weighted by atomic mass is 32.1. The van der Waals surface area contributed by atoms with Crippen molar-refractivity contribution < 1.29 is 9.59 Å². The average molecular weight is 340 g/mol. The fraction of sp³-hybridized carbons (Fsp3) is 0.263. The summed E-state index contributed by atoms with van der Waals surface area (Å²) in [7, 11) is 0. The molecule has 0 spiro atoms. The van der Waals surface area contributed by atoms with Crippen LogP contribution >= 0.6 is 11.3 Å². The molecule has 5 heteroatoms. The summed E-state index contributed by atoms with van der Waals surface area (Å²) in [5, 5.41) is 1.74. The number of fused-ring (bicyclic) bond motifs is 1. The Morgan fingerprint density at radius 3 is 2.75 bits per heavy atom. The van der Waals surface area contributed by atoms with E-state index in [4.69, 9.17) is 5.73 Å². The summed E-state index contributed by atoms with van der Waals surface area (Å²) < 4.78 is 0. The summed E-state index contributed by atoms with van der Waals surface area (Å²) in [5.41, 5.74) is 8.48. The molecule has 24 heavy (non-hydrogen) atoms. The minimum absolute atomic E-state index is 0.0755. The Labute approximate surface area is 145 Å². The predicted octanol–water partition coefficient (Wildman–Crippen LogP) is 2.92. The number of primary amides is 1. The van der Waals surface area contributed by atoms with Crippen LogP contribution in [0.3, 0.4) is 0 Å². The highest BCUT2D eigenvalue weighted by Crippen LogP contribution is 2.27. The molecule has 0 aliphatic heterocycles. The molecule has 124 valence electrons. The first-order valence-electron chi connectivity index (χ1n) is 7.95. The van der Waals surface area contributed by atoms with Crippen LogP contribution in [0.2, 0.25) is 0 Å². The van der Waals surface area contributed by atoms with Gasteiger partial charge in [-0.1, -0.05) is 30.8 Å². The van der Waals surface area contributed by atoms with Crippen LogP contribution in [0.25, 0.3) is 0 Å². The number of carbonyl (C=O) groups excluding carboxylic acids is 2. The molecule has 1 aliphatic carbocycles. The number of hydrogen-bond acceptors (Lipinski definition) is 3. The third kappa shape index (κ3) is 3.41. The van der Waals surface area contributed by atoms with Gasteiger partial charge in [-0.15, -0.1) is 11.3 Å². The number of aryl methyl sites for hydroxylation is 1. The van der Waals surface area contributed by atoms with Gasteiger partial charge in [-0.05, 0) is 42.5 Å². The van der Waals surface area contributed by atoms with E-state index in [0.29, 0.717) is 12.1 Å². The molecule has 2 N–H and O–H groups in total. The molecule has 0 radical (unpaired) electrons. The summed E-state index contributed by atoms with van der Waals surface area (Å²) in [6.07, 6.45) is 4.12. The fourth-order valence-electron chi connectivity index (χ4n) is 3.21. The lowest BCUT2D eigenvalue weighted by Gasteiger charge is -2.34. The van der Waals surface area contributed by atoms with Gasteiger partial charge in [0.15, 0.2) is 0 Å². The third-order valence-electron chi connectivity index (χ3n) is 4.48. The fourth-order valence-corrected chi connectivity index (χ4v) is 4.08. The van der Waals surface area contributed by atoms with Crippen molar-refractivity contribution in [1.82, 2.24) is 4.90 Å².